The second kappa shape index (κ2) is 2.57. The van der Waals surface area contributed by atoms with Crippen LogP contribution < -0.4 is 0 Å². The summed E-state index contributed by atoms with van der Waals surface area (Å²) in [6.45, 7) is 0. The van der Waals surface area contributed by atoms with Gasteiger partial charge >= 0.3 is 0 Å². The van der Waals surface area contributed by atoms with Crippen molar-refractivity contribution in [3.63, 3.8) is 0 Å². The normalized spacial score (nSPS) is 16.2. The molecule has 1 aromatic heterocycles. The third-order valence-corrected chi connectivity index (χ3v) is 3.58. The summed E-state index contributed by atoms with van der Waals surface area (Å²) in [5, 5.41) is 4.60. The molecule has 1 aliphatic rings. The van der Waals surface area contributed by atoms with Gasteiger partial charge in [0.15, 0.2) is 14.9 Å². The number of hydrogen-bond donors (Lipinski definition) is 0. The molecule has 1 aliphatic carbocycles. The fraction of sp³-hybridized carbons (Fsp3) is 0.625. The van der Waals surface area contributed by atoms with E-state index in [1.807, 2.05) is 0 Å². The van der Waals surface area contributed by atoms with Gasteiger partial charge in [0, 0.05) is 18.9 Å². The molecular formula is C8H12N2O2S. The van der Waals surface area contributed by atoms with Crippen molar-refractivity contribution < 1.29 is 8.42 Å². The fourth-order valence-corrected chi connectivity index (χ4v) is 3.14. The van der Waals surface area contributed by atoms with Gasteiger partial charge in [0.1, 0.15) is 0 Å². The molecule has 0 spiro atoms. The van der Waals surface area contributed by atoms with E-state index in [1.165, 1.54) is 10.9 Å². The van der Waals surface area contributed by atoms with Gasteiger partial charge in [-0.15, -0.1) is 0 Å². The molecule has 0 fully saturated rings. The summed E-state index contributed by atoms with van der Waals surface area (Å²) in [6.07, 6.45) is 4.04. The molecular weight excluding hydrogens is 188 g/mol. The second-order valence-electron chi connectivity index (χ2n) is 3.48. The first-order valence-corrected chi connectivity index (χ1v) is 6.14. The lowest BCUT2D eigenvalue weighted by Gasteiger charge is -2.00. The van der Waals surface area contributed by atoms with Crippen molar-refractivity contribution in [3.05, 3.63) is 11.3 Å². The number of rotatable bonds is 1. The summed E-state index contributed by atoms with van der Waals surface area (Å²) in [4.78, 5) is 0. The molecule has 1 heterocycles. The summed E-state index contributed by atoms with van der Waals surface area (Å²) in [5.41, 5.74) is 1.90. The van der Waals surface area contributed by atoms with Crippen molar-refractivity contribution in [2.75, 3.05) is 6.26 Å². The Hall–Kier alpha value is -0.840. The third kappa shape index (κ3) is 1.27. The van der Waals surface area contributed by atoms with Crippen LogP contribution in [0, 0.1) is 0 Å². The molecule has 0 radical (unpaired) electrons. The van der Waals surface area contributed by atoms with Gasteiger partial charge in [-0.05, 0) is 19.3 Å². The van der Waals surface area contributed by atoms with Crippen LogP contribution in [0.5, 0.6) is 0 Å². The average Bonchev–Trinajstić information content (AvgIpc) is 2.41. The van der Waals surface area contributed by atoms with Crippen molar-refractivity contribution in [2.24, 2.45) is 7.05 Å². The molecule has 0 N–H and O–H groups in total. The monoisotopic (exact) mass is 200 g/mol. The van der Waals surface area contributed by atoms with Crippen LogP contribution in [0.25, 0.3) is 0 Å². The summed E-state index contributed by atoms with van der Waals surface area (Å²) in [6, 6.07) is 0. The predicted molar refractivity (Wildman–Crippen MR) is 48.3 cm³/mol. The summed E-state index contributed by atoms with van der Waals surface area (Å²) < 4.78 is 24.3. The van der Waals surface area contributed by atoms with Crippen molar-refractivity contribution in [3.8, 4) is 0 Å². The van der Waals surface area contributed by atoms with Crippen molar-refractivity contribution in [1.29, 1.82) is 0 Å². The van der Waals surface area contributed by atoms with E-state index >= 15 is 0 Å². The lowest BCUT2D eigenvalue weighted by atomic mass is 10.3. The summed E-state index contributed by atoms with van der Waals surface area (Å²) in [7, 11) is -1.43. The number of fused-ring (bicyclic) bond motifs is 1. The van der Waals surface area contributed by atoms with E-state index < -0.39 is 9.84 Å². The second-order valence-corrected chi connectivity index (χ2v) is 5.41. The Morgan fingerprint density at radius 1 is 1.38 bits per heavy atom. The topological polar surface area (TPSA) is 52.0 Å². The van der Waals surface area contributed by atoms with E-state index in [1.54, 1.807) is 7.05 Å². The van der Waals surface area contributed by atoms with Gasteiger partial charge in [-0.1, -0.05) is 0 Å². The molecule has 2 rings (SSSR count). The Bertz CT molecular complexity index is 445. The molecule has 0 bridgehead atoms. The van der Waals surface area contributed by atoms with Crippen LogP contribution in [0.1, 0.15) is 17.7 Å². The van der Waals surface area contributed by atoms with Crippen LogP contribution >= 0.6 is 0 Å². The van der Waals surface area contributed by atoms with Gasteiger partial charge in [-0.3, -0.25) is 4.68 Å². The minimum atomic E-state index is -3.11. The molecule has 0 saturated heterocycles. The van der Waals surface area contributed by atoms with Gasteiger partial charge in [0.2, 0.25) is 0 Å². The molecule has 72 valence electrons. The lowest BCUT2D eigenvalue weighted by Crippen LogP contribution is -2.07. The zero-order valence-electron chi connectivity index (χ0n) is 7.74. The maximum absolute atomic E-state index is 11.4. The minimum Gasteiger partial charge on any atom is -0.257 e. The summed E-state index contributed by atoms with van der Waals surface area (Å²) in [5.74, 6) is 0. The van der Waals surface area contributed by atoms with E-state index in [2.05, 4.69) is 5.10 Å². The molecule has 1 aromatic rings. The van der Waals surface area contributed by atoms with Gasteiger partial charge in [-0.2, -0.15) is 5.10 Å². The Kier molecular flexibility index (Phi) is 1.73. The number of aromatic nitrogens is 2. The molecule has 0 unspecified atom stereocenters. The smallest absolute Gasteiger partial charge is 0.192 e. The number of hydrogen-bond acceptors (Lipinski definition) is 3. The molecule has 0 saturated carbocycles. The minimum absolute atomic E-state index is 0.403. The fourth-order valence-electron chi connectivity index (χ4n) is 1.95. The Morgan fingerprint density at radius 2 is 2.08 bits per heavy atom. The molecule has 0 amide bonds. The molecule has 0 aliphatic heterocycles. The van der Waals surface area contributed by atoms with E-state index in [-0.39, 0.29) is 0 Å². The molecule has 4 nitrogen and oxygen atoms in total. The van der Waals surface area contributed by atoms with E-state index in [0.29, 0.717) is 5.03 Å². The lowest BCUT2D eigenvalue weighted by molar-refractivity contribution is 0.577. The molecule has 5 heteroatoms. The van der Waals surface area contributed by atoms with Crippen LogP contribution in [-0.4, -0.2) is 24.5 Å². The van der Waals surface area contributed by atoms with Crippen molar-refractivity contribution in [2.45, 2.75) is 24.3 Å². The largest absolute Gasteiger partial charge is 0.257 e. The highest BCUT2D eigenvalue weighted by Crippen LogP contribution is 2.27. The Labute approximate surface area is 77.5 Å². The zero-order valence-corrected chi connectivity index (χ0v) is 8.56. The van der Waals surface area contributed by atoms with E-state index in [0.717, 1.165) is 30.5 Å². The van der Waals surface area contributed by atoms with Crippen LogP contribution in [-0.2, 0) is 29.7 Å². The van der Waals surface area contributed by atoms with Crippen LogP contribution in [0.4, 0.5) is 0 Å². The first-order chi connectivity index (χ1) is 6.00. The highest BCUT2D eigenvalue weighted by Gasteiger charge is 2.26. The number of aryl methyl sites for hydroxylation is 2. The SMILES string of the molecule is Cn1nc2c(c1S(C)(=O)=O)CCC2. The molecule has 0 atom stereocenters. The van der Waals surface area contributed by atoms with Crippen molar-refractivity contribution >= 4 is 9.84 Å². The number of nitrogens with zero attached hydrogens (tertiary/aromatic N) is 2. The highest BCUT2D eigenvalue weighted by molar-refractivity contribution is 7.90. The van der Waals surface area contributed by atoms with Gasteiger partial charge in [0.25, 0.3) is 0 Å². The maximum atomic E-state index is 11.4. The Morgan fingerprint density at radius 3 is 2.69 bits per heavy atom. The zero-order chi connectivity index (χ0) is 9.64. The number of sulfone groups is 1. The first kappa shape index (κ1) is 8.74. The van der Waals surface area contributed by atoms with E-state index in [4.69, 9.17) is 0 Å². The maximum Gasteiger partial charge on any atom is 0.192 e. The standard InChI is InChI=1S/C8H12N2O2S/c1-10-8(13(2,11)12)6-4-3-5-7(6)9-10/h3-5H2,1-2H3. The quantitative estimate of drug-likeness (QED) is 0.655. The van der Waals surface area contributed by atoms with E-state index in [9.17, 15) is 8.42 Å². The molecule has 0 aromatic carbocycles. The van der Waals surface area contributed by atoms with Crippen LogP contribution in [0.3, 0.4) is 0 Å². The van der Waals surface area contributed by atoms with Gasteiger partial charge in [0.05, 0.1) is 5.69 Å². The van der Waals surface area contributed by atoms with Crippen molar-refractivity contribution in [1.82, 2.24) is 9.78 Å². The predicted octanol–water partition coefficient (Wildman–Crippen LogP) is 0.312. The van der Waals surface area contributed by atoms with Crippen LogP contribution in [0.2, 0.25) is 0 Å². The van der Waals surface area contributed by atoms with Gasteiger partial charge in [-0.25, -0.2) is 8.42 Å². The Balaban J connectivity index is 2.70. The summed E-state index contributed by atoms with van der Waals surface area (Å²) >= 11 is 0. The first-order valence-electron chi connectivity index (χ1n) is 4.25. The van der Waals surface area contributed by atoms with Crippen LogP contribution in [0.15, 0.2) is 5.03 Å². The van der Waals surface area contributed by atoms with Gasteiger partial charge < -0.3 is 0 Å². The average molecular weight is 200 g/mol. The highest BCUT2D eigenvalue weighted by atomic mass is 32.2. The molecule has 13 heavy (non-hydrogen) atoms. The third-order valence-electron chi connectivity index (χ3n) is 2.36.